The van der Waals surface area contributed by atoms with E-state index in [9.17, 15) is 4.79 Å². The minimum Gasteiger partial charge on any atom is -0.338 e. The summed E-state index contributed by atoms with van der Waals surface area (Å²) in [5.41, 5.74) is 2.90. The minimum absolute atomic E-state index is 0.0256. The number of nitrogens with zero attached hydrogens (tertiary/aromatic N) is 4. The van der Waals surface area contributed by atoms with Crippen molar-refractivity contribution in [1.82, 2.24) is 19.9 Å². The van der Waals surface area contributed by atoms with Gasteiger partial charge in [0.1, 0.15) is 6.33 Å². The van der Waals surface area contributed by atoms with Crippen molar-refractivity contribution in [3.8, 4) is 0 Å². The molecule has 0 bridgehead atoms. The predicted octanol–water partition coefficient (Wildman–Crippen LogP) is 2.73. The fraction of sp³-hybridized carbons (Fsp3) is 0.263. The van der Waals surface area contributed by atoms with Gasteiger partial charge in [0.25, 0.3) is 5.91 Å². The number of carbonyl (C=O) groups is 1. The molecule has 2 aromatic heterocycles. The lowest BCUT2D eigenvalue weighted by Gasteiger charge is -2.16. The van der Waals surface area contributed by atoms with Crippen molar-refractivity contribution in [3.63, 3.8) is 0 Å². The van der Waals surface area contributed by atoms with Crippen LogP contribution in [0.1, 0.15) is 22.3 Å². The van der Waals surface area contributed by atoms with E-state index in [1.54, 1.807) is 12.4 Å². The first-order valence-corrected chi connectivity index (χ1v) is 8.18. The zero-order valence-corrected chi connectivity index (χ0v) is 13.3. The number of amides is 1. The number of likely N-dealkylation sites (tertiary alicyclic amines) is 1. The van der Waals surface area contributed by atoms with Crippen molar-refractivity contribution in [1.29, 1.82) is 0 Å². The summed E-state index contributed by atoms with van der Waals surface area (Å²) in [5, 5.41) is 1.21. The molecule has 5 heteroatoms. The van der Waals surface area contributed by atoms with E-state index in [2.05, 4.69) is 27.1 Å². The Balaban J connectivity index is 1.48. The summed E-state index contributed by atoms with van der Waals surface area (Å²) >= 11 is 0. The molecule has 3 heterocycles. The number of carbonyl (C=O) groups excluding carboxylic acids is 1. The van der Waals surface area contributed by atoms with E-state index in [0.29, 0.717) is 11.5 Å². The molecule has 0 aliphatic carbocycles. The first-order valence-electron chi connectivity index (χ1n) is 8.18. The molecule has 0 unspecified atom stereocenters. The van der Waals surface area contributed by atoms with Crippen LogP contribution in [0, 0.1) is 5.92 Å². The average molecular weight is 318 g/mol. The number of hydrogen-bond donors (Lipinski definition) is 0. The van der Waals surface area contributed by atoms with Gasteiger partial charge in [-0.3, -0.25) is 9.78 Å². The van der Waals surface area contributed by atoms with Crippen LogP contribution in [0.5, 0.6) is 0 Å². The fourth-order valence-electron chi connectivity index (χ4n) is 3.42. The second-order valence-electron chi connectivity index (χ2n) is 6.22. The van der Waals surface area contributed by atoms with Crippen molar-refractivity contribution < 1.29 is 4.79 Å². The van der Waals surface area contributed by atoms with E-state index < -0.39 is 0 Å². The Hall–Kier alpha value is -2.82. The molecular weight excluding hydrogens is 300 g/mol. The van der Waals surface area contributed by atoms with Gasteiger partial charge in [-0.1, -0.05) is 18.2 Å². The number of rotatable bonds is 3. The van der Waals surface area contributed by atoms with E-state index in [0.717, 1.165) is 31.4 Å². The van der Waals surface area contributed by atoms with Crippen molar-refractivity contribution in [2.45, 2.75) is 12.8 Å². The highest BCUT2D eigenvalue weighted by atomic mass is 16.2. The number of aromatic nitrogens is 3. The van der Waals surface area contributed by atoms with E-state index in [4.69, 9.17) is 0 Å². The molecule has 5 nitrogen and oxygen atoms in total. The molecule has 1 saturated heterocycles. The maximum Gasteiger partial charge on any atom is 0.256 e. The third-order valence-electron chi connectivity index (χ3n) is 4.63. The van der Waals surface area contributed by atoms with Gasteiger partial charge in [-0.05, 0) is 36.5 Å². The summed E-state index contributed by atoms with van der Waals surface area (Å²) in [4.78, 5) is 26.7. The largest absolute Gasteiger partial charge is 0.338 e. The maximum absolute atomic E-state index is 12.5. The standard InChI is InChI=1S/C19H18N4O/c24-19(16-10-20-13-21-11-16)23-8-6-14(12-23)9-15-5-7-22-18-4-2-1-3-17(15)18/h1-5,7,10-11,13-14H,6,8-9,12H2/t14-/m1/s1. The molecule has 0 radical (unpaired) electrons. The van der Waals surface area contributed by atoms with Crippen LogP contribution in [0.15, 0.2) is 55.2 Å². The molecule has 0 spiro atoms. The fourth-order valence-corrected chi connectivity index (χ4v) is 3.42. The summed E-state index contributed by atoms with van der Waals surface area (Å²) in [6, 6.07) is 10.3. The molecule has 24 heavy (non-hydrogen) atoms. The van der Waals surface area contributed by atoms with Gasteiger partial charge in [0.05, 0.1) is 11.1 Å². The number of pyridine rings is 1. The van der Waals surface area contributed by atoms with Gasteiger partial charge in [-0.15, -0.1) is 0 Å². The Morgan fingerprint density at radius 3 is 2.88 bits per heavy atom. The normalized spacial score (nSPS) is 17.3. The lowest BCUT2D eigenvalue weighted by molar-refractivity contribution is 0.0786. The van der Waals surface area contributed by atoms with Crippen LogP contribution in [0.25, 0.3) is 10.9 Å². The topological polar surface area (TPSA) is 59.0 Å². The Morgan fingerprint density at radius 2 is 2.00 bits per heavy atom. The highest BCUT2D eigenvalue weighted by Crippen LogP contribution is 2.25. The lowest BCUT2D eigenvalue weighted by Crippen LogP contribution is -2.29. The molecule has 3 aromatic rings. The monoisotopic (exact) mass is 318 g/mol. The molecule has 0 N–H and O–H groups in total. The summed E-state index contributed by atoms with van der Waals surface area (Å²) in [5.74, 6) is 0.502. The second kappa shape index (κ2) is 6.35. The first kappa shape index (κ1) is 14.8. The smallest absolute Gasteiger partial charge is 0.256 e. The Labute approximate surface area is 140 Å². The van der Waals surface area contributed by atoms with Gasteiger partial charge in [0.2, 0.25) is 0 Å². The third-order valence-corrected chi connectivity index (χ3v) is 4.63. The summed E-state index contributed by atoms with van der Waals surface area (Å²) in [7, 11) is 0. The van der Waals surface area contributed by atoms with Crippen molar-refractivity contribution in [3.05, 3.63) is 66.4 Å². The molecule has 1 fully saturated rings. The number of fused-ring (bicyclic) bond motifs is 1. The number of hydrogen-bond acceptors (Lipinski definition) is 4. The molecule has 1 aromatic carbocycles. The van der Waals surface area contributed by atoms with Gasteiger partial charge in [-0.2, -0.15) is 0 Å². The van der Waals surface area contributed by atoms with Crippen LogP contribution in [-0.4, -0.2) is 38.8 Å². The summed E-state index contributed by atoms with van der Waals surface area (Å²) in [6.45, 7) is 1.58. The molecule has 1 atom stereocenters. The zero-order chi connectivity index (χ0) is 16.4. The van der Waals surface area contributed by atoms with Crippen LogP contribution in [0.2, 0.25) is 0 Å². The molecule has 0 saturated carbocycles. The Morgan fingerprint density at radius 1 is 1.17 bits per heavy atom. The zero-order valence-electron chi connectivity index (χ0n) is 13.3. The van der Waals surface area contributed by atoms with Gasteiger partial charge in [-0.25, -0.2) is 9.97 Å². The number of benzene rings is 1. The van der Waals surface area contributed by atoms with Crippen molar-refractivity contribution in [2.75, 3.05) is 13.1 Å². The van der Waals surface area contributed by atoms with E-state index in [1.807, 2.05) is 29.3 Å². The molecule has 1 amide bonds. The highest BCUT2D eigenvalue weighted by Gasteiger charge is 2.27. The Kier molecular flexibility index (Phi) is 3.91. The van der Waals surface area contributed by atoms with E-state index >= 15 is 0 Å². The van der Waals surface area contributed by atoms with Gasteiger partial charge in [0.15, 0.2) is 0 Å². The van der Waals surface area contributed by atoms with E-state index in [-0.39, 0.29) is 5.91 Å². The maximum atomic E-state index is 12.5. The predicted molar refractivity (Wildman–Crippen MR) is 91.5 cm³/mol. The minimum atomic E-state index is 0.0256. The van der Waals surface area contributed by atoms with E-state index in [1.165, 1.54) is 17.3 Å². The molecule has 1 aliphatic rings. The van der Waals surface area contributed by atoms with Crippen LogP contribution in [0.4, 0.5) is 0 Å². The SMILES string of the molecule is O=C(c1cncnc1)N1CC[C@H](Cc2ccnc3ccccc23)C1. The van der Waals surface area contributed by atoms with Crippen LogP contribution in [0.3, 0.4) is 0 Å². The third kappa shape index (κ3) is 2.85. The molecular formula is C19H18N4O. The van der Waals surface area contributed by atoms with Gasteiger partial charge >= 0.3 is 0 Å². The van der Waals surface area contributed by atoms with Crippen LogP contribution >= 0.6 is 0 Å². The lowest BCUT2D eigenvalue weighted by atomic mass is 9.96. The Bertz CT molecular complexity index is 860. The number of para-hydroxylation sites is 1. The summed E-state index contributed by atoms with van der Waals surface area (Å²) < 4.78 is 0. The molecule has 1 aliphatic heterocycles. The quantitative estimate of drug-likeness (QED) is 0.745. The van der Waals surface area contributed by atoms with Gasteiger partial charge in [0, 0.05) is 37.1 Å². The highest BCUT2D eigenvalue weighted by molar-refractivity contribution is 5.93. The van der Waals surface area contributed by atoms with Crippen LogP contribution in [-0.2, 0) is 6.42 Å². The average Bonchev–Trinajstić information content (AvgIpc) is 3.11. The second-order valence-corrected chi connectivity index (χ2v) is 6.22. The van der Waals surface area contributed by atoms with Crippen molar-refractivity contribution >= 4 is 16.8 Å². The molecule has 120 valence electrons. The van der Waals surface area contributed by atoms with Crippen LogP contribution < -0.4 is 0 Å². The summed E-state index contributed by atoms with van der Waals surface area (Å²) in [6.07, 6.45) is 8.47. The van der Waals surface area contributed by atoms with Crippen molar-refractivity contribution in [2.24, 2.45) is 5.92 Å². The molecule has 4 rings (SSSR count). The van der Waals surface area contributed by atoms with Gasteiger partial charge < -0.3 is 4.90 Å². The first-order chi connectivity index (χ1) is 11.8.